The molecule has 20 heavy (non-hydrogen) atoms. The standard InChI is InChI=1S/C14H21N3O.2ClH/c1-17(10-11-5-7-16-8-6-11)14(18)9-12-3-2-4-13(12)15;;/h5-8,12-13H,2-4,9-10,15H2,1H3;2*1H/t12-,13+;;/m0../s1. The first kappa shape index (κ1) is 19.2. The largest absolute Gasteiger partial charge is 0.341 e. The van der Waals surface area contributed by atoms with E-state index in [1.165, 1.54) is 0 Å². The van der Waals surface area contributed by atoms with Gasteiger partial charge in [0.05, 0.1) is 0 Å². The summed E-state index contributed by atoms with van der Waals surface area (Å²) in [5.74, 6) is 0.562. The predicted molar refractivity (Wildman–Crippen MR) is 85.1 cm³/mol. The maximum atomic E-state index is 12.1. The van der Waals surface area contributed by atoms with Crippen LogP contribution >= 0.6 is 24.8 Å². The van der Waals surface area contributed by atoms with Gasteiger partial charge in [-0.3, -0.25) is 9.78 Å². The first-order chi connectivity index (χ1) is 8.66. The van der Waals surface area contributed by atoms with E-state index in [9.17, 15) is 4.79 Å². The van der Waals surface area contributed by atoms with Gasteiger partial charge in [0.15, 0.2) is 0 Å². The van der Waals surface area contributed by atoms with Gasteiger partial charge in [0, 0.05) is 38.4 Å². The van der Waals surface area contributed by atoms with Crippen molar-refractivity contribution < 1.29 is 4.79 Å². The van der Waals surface area contributed by atoms with E-state index in [0.717, 1.165) is 24.8 Å². The van der Waals surface area contributed by atoms with Crippen molar-refractivity contribution in [1.29, 1.82) is 0 Å². The van der Waals surface area contributed by atoms with Gasteiger partial charge in [0.25, 0.3) is 0 Å². The number of rotatable bonds is 4. The number of aromatic nitrogens is 1. The zero-order chi connectivity index (χ0) is 13.0. The molecule has 1 aromatic heterocycles. The lowest BCUT2D eigenvalue weighted by Gasteiger charge is -2.21. The molecule has 2 N–H and O–H groups in total. The number of hydrogen-bond acceptors (Lipinski definition) is 3. The fourth-order valence-electron chi connectivity index (χ4n) is 2.55. The van der Waals surface area contributed by atoms with Crippen LogP contribution in [0.1, 0.15) is 31.2 Å². The van der Waals surface area contributed by atoms with Crippen LogP contribution in [0.2, 0.25) is 0 Å². The van der Waals surface area contributed by atoms with E-state index in [4.69, 9.17) is 5.73 Å². The molecule has 0 spiro atoms. The minimum absolute atomic E-state index is 0. The van der Waals surface area contributed by atoms with Gasteiger partial charge >= 0.3 is 0 Å². The summed E-state index contributed by atoms with van der Waals surface area (Å²) in [6.45, 7) is 0.642. The minimum atomic E-state index is 0. The van der Waals surface area contributed by atoms with Crippen LogP contribution in [-0.4, -0.2) is 28.9 Å². The highest BCUT2D eigenvalue weighted by atomic mass is 35.5. The van der Waals surface area contributed by atoms with E-state index in [2.05, 4.69) is 4.98 Å². The van der Waals surface area contributed by atoms with Crippen molar-refractivity contribution in [2.24, 2.45) is 11.7 Å². The molecule has 114 valence electrons. The maximum absolute atomic E-state index is 12.1. The molecule has 0 aliphatic heterocycles. The fraction of sp³-hybridized carbons (Fsp3) is 0.571. The van der Waals surface area contributed by atoms with Gasteiger partial charge in [0.1, 0.15) is 0 Å². The van der Waals surface area contributed by atoms with Crippen molar-refractivity contribution in [3.63, 3.8) is 0 Å². The summed E-state index contributed by atoms with van der Waals surface area (Å²) in [4.78, 5) is 17.9. The van der Waals surface area contributed by atoms with E-state index >= 15 is 0 Å². The monoisotopic (exact) mass is 319 g/mol. The van der Waals surface area contributed by atoms with Gasteiger partial charge in [-0.15, -0.1) is 24.8 Å². The second kappa shape index (κ2) is 9.16. The maximum Gasteiger partial charge on any atom is 0.222 e. The molecule has 1 amide bonds. The second-order valence-electron chi connectivity index (χ2n) is 5.16. The van der Waals surface area contributed by atoms with Crippen LogP contribution < -0.4 is 5.73 Å². The van der Waals surface area contributed by atoms with E-state index in [-0.39, 0.29) is 36.8 Å². The number of carbonyl (C=O) groups is 1. The van der Waals surface area contributed by atoms with E-state index in [1.807, 2.05) is 19.2 Å². The molecular formula is C14H23Cl2N3O. The minimum Gasteiger partial charge on any atom is -0.341 e. The number of pyridine rings is 1. The van der Waals surface area contributed by atoms with Crippen molar-refractivity contribution in [2.45, 2.75) is 38.3 Å². The summed E-state index contributed by atoms with van der Waals surface area (Å²) in [6, 6.07) is 4.08. The Hall–Kier alpha value is -0.840. The van der Waals surface area contributed by atoms with Crippen molar-refractivity contribution >= 4 is 30.7 Å². The van der Waals surface area contributed by atoms with E-state index in [0.29, 0.717) is 18.9 Å². The molecule has 1 aliphatic rings. The Morgan fingerprint density at radius 1 is 1.35 bits per heavy atom. The van der Waals surface area contributed by atoms with Gasteiger partial charge in [0.2, 0.25) is 5.91 Å². The lowest BCUT2D eigenvalue weighted by Crippen LogP contribution is -2.32. The number of nitrogens with zero attached hydrogens (tertiary/aromatic N) is 2. The highest BCUT2D eigenvalue weighted by Gasteiger charge is 2.27. The molecule has 2 rings (SSSR count). The van der Waals surface area contributed by atoms with Crippen LogP contribution in [0, 0.1) is 5.92 Å². The Balaban J connectivity index is 0.00000180. The second-order valence-corrected chi connectivity index (χ2v) is 5.16. The van der Waals surface area contributed by atoms with E-state index < -0.39 is 0 Å². The molecule has 1 aromatic rings. The SMILES string of the molecule is CN(Cc1ccncc1)C(=O)C[C@@H]1CCC[C@H]1N.Cl.Cl. The lowest BCUT2D eigenvalue weighted by molar-refractivity contribution is -0.131. The molecule has 0 unspecified atom stereocenters. The highest BCUT2D eigenvalue weighted by Crippen LogP contribution is 2.27. The molecule has 1 fully saturated rings. The molecular weight excluding hydrogens is 297 g/mol. The molecule has 0 radical (unpaired) electrons. The third-order valence-corrected chi connectivity index (χ3v) is 3.75. The van der Waals surface area contributed by atoms with Crippen LogP contribution in [0.4, 0.5) is 0 Å². The average Bonchev–Trinajstić information content (AvgIpc) is 2.76. The zero-order valence-corrected chi connectivity index (χ0v) is 13.3. The van der Waals surface area contributed by atoms with Gasteiger partial charge in [-0.25, -0.2) is 0 Å². The molecule has 4 nitrogen and oxygen atoms in total. The van der Waals surface area contributed by atoms with Crippen LogP contribution in [-0.2, 0) is 11.3 Å². The molecule has 2 atom stereocenters. The smallest absolute Gasteiger partial charge is 0.222 e. The molecule has 1 aliphatic carbocycles. The third-order valence-electron chi connectivity index (χ3n) is 3.75. The van der Waals surface area contributed by atoms with Crippen LogP contribution in [0.5, 0.6) is 0 Å². The Morgan fingerprint density at radius 2 is 2.00 bits per heavy atom. The third kappa shape index (κ3) is 5.27. The lowest BCUT2D eigenvalue weighted by atomic mass is 9.99. The molecule has 0 aromatic carbocycles. The fourth-order valence-corrected chi connectivity index (χ4v) is 2.55. The highest BCUT2D eigenvalue weighted by molar-refractivity contribution is 5.85. The van der Waals surface area contributed by atoms with Gasteiger partial charge in [-0.1, -0.05) is 6.42 Å². The number of carbonyl (C=O) groups excluding carboxylic acids is 1. The molecule has 0 saturated heterocycles. The van der Waals surface area contributed by atoms with Crippen LogP contribution in [0.3, 0.4) is 0 Å². The van der Waals surface area contributed by atoms with E-state index in [1.54, 1.807) is 17.3 Å². The normalized spacial score (nSPS) is 20.7. The zero-order valence-electron chi connectivity index (χ0n) is 11.7. The summed E-state index contributed by atoms with van der Waals surface area (Å²) in [5, 5.41) is 0. The molecule has 1 heterocycles. The van der Waals surface area contributed by atoms with Crippen molar-refractivity contribution in [1.82, 2.24) is 9.88 Å². The summed E-state index contributed by atoms with van der Waals surface area (Å²) < 4.78 is 0. The summed E-state index contributed by atoms with van der Waals surface area (Å²) in [7, 11) is 1.85. The molecule has 6 heteroatoms. The Morgan fingerprint density at radius 3 is 2.55 bits per heavy atom. The van der Waals surface area contributed by atoms with Gasteiger partial charge in [-0.2, -0.15) is 0 Å². The van der Waals surface area contributed by atoms with Crippen molar-refractivity contribution in [2.75, 3.05) is 7.05 Å². The Kier molecular flexibility index (Phi) is 8.78. The molecule has 0 bridgehead atoms. The van der Waals surface area contributed by atoms with Crippen molar-refractivity contribution in [3.8, 4) is 0 Å². The first-order valence-corrected chi connectivity index (χ1v) is 6.55. The van der Waals surface area contributed by atoms with Gasteiger partial charge < -0.3 is 10.6 Å². The molecule has 1 saturated carbocycles. The average molecular weight is 320 g/mol. The van der Waals surface area contributed by atoms with Gasteiger partial charge in [-0.05, 0) is 36.5 Å². The number of amides is 1. The topological polar surface area (TPSA) is 59.2 Å². The summed E-state index contributed by atoms with van der Waals surface area (Å²) in [5.41, 5.74) is 7.11. The predicted octanol–water partition coefficient (Wildman–Crippen LogP) is 2.40. The summed E-state index contributed by atoms with van der Waals surface area (Å²) in [6.07, 6.45) is 7.40. The number of nitrogens with two attached hydrogens (primary N) is 1. The summed E-state index contributed by atoms with van der Waals surface area (Å²) >= 11 is 0. The van der Waals surface area contributed by atoms with Crippen LogP contribution in [0.15, 0.2) is 24.5 Å². The first-order valence-electron chi connectivity index (χ1n) is 6.55. The van der Waals surface area contributed by atoms with Crippen molar-refractivity contribution in [3.05, 3.63) is 30.1 Å². The number of hydrogen-bond donors (Lipinski definition) is 1. The number of halogens is 2. The Bertz CT molecular complexity index is 403. The quantitative estimate of drug-likeness (QED) is 0.927. The van der Waals surface area contributed by atoms with Crippen LogP contribution in [0.25, 0.3) is 0 Å². The Labute approximate surface area is 132 Å².